The number of amides is 1. The standard InChI is InChI=1S/C28H39N3O5S/c1-7-11-16-36-21-13-12-20(17-22(21)35-10-4)24-23(25(32)27-18(5)29-19(6)37-27)26(33)28(34)31(24)15-14-30(8-2)9-3/h12-13,17,24,33H,7-11,14-16H2,1-6H3. The second-order valence-corrected chi connectivity index (χ2v) is 10.2. The third kappa shape index (κ3) is 6.33. The van der Waals surface area contributed by atoms with E-state index in [1.807, 2.05) is 32.0 Å². The van der Waals surface area contributed by atoms with E-state index < -0.39 is 17.7 Å². The van der Waals surface area contributed by atoms with E-state index in [9.17, 15) is 14.7 Å². The van der Waals surface area contributed by atoms with Gasteiger partial charge in [0.05, 0.1) is 40.4 Å². The maximum Gasteiger partial charge on any atom is 0.290 e. The maximum absolute atomic E-state index is 13.8. The number of aliphatic hydroxyl groups is 1. The first-order valence-electron chi connectivity index (χ1n) is 13.1. The summed E-state index contributed by atoms with van der Waals surface area (Å²) in [7, 11) is 0. The molecule has 1 N–H and O–H groups in total. The molecule has 202 valence electrons. The highest BCUT2D eigenvalue weighted by Gasteiger charge is 2.44. The van der Waals surface area contributed by atoms with Crippen LogP contribution >= 0.6 is 11.3 Å². The quantitative estimate of drug-likeness (QED) is 0.264. The number of aliphatic hydroxyl groups excluding tert-OH is 1. The summed E-state index contributed by atoms with van der Waals surface area (Å²) in [5.74, 6) is -0.240. The smallest absolute Gasteiger partial charge is 0.290 e. The van der Waals surface area contributed by atoms with Gasteiger partial charge in [-0.25, -0.2) is 4.98 Å². The maximum atomic E-state index is 13.8. The third-order valence-electron chi connectivity index (χ3n) is 6.55. The summed E-state index contributed by atoms with van der Waals surface area (Å²) in [5.41, 5.74) is 1.36. The first-order valence-corrected chi connectivity index (χ1v) is 13.9. The van der Waals surface area contributed by atoms with Crippen molar-refractivity contribution in [2.45, 2.75) is 60.4 Å². The Morgan fingerprint density at radius 2 is 1.86 bits per heavy atom. The zero-order chi connectivity index (χ0) is 27.1. The molecule has 0 saturated carbocycles. The van der Waals surface area contributed by atoms with Gasteiger partial charge in [-0.3, -0.25) is 9.59 Å². The minimum absolute atomic E-state index is 0.0818. The number of aryl methyl sites for hydroxylation is 2. The van der Waals surface area contributed by atoms with Gasteiger partial charge in [0.25, 0.3) is 5.91 Å². The van der Waals surface area contributed by atoms with Crippen molar-refractivity contribution in [3.05, 3.63) is 50.7 Å². The molecule has 37 heavy (non-hydrogen) atoms. The molecule has 0 aliphatic carbocycles. The van der Waals surface area contributed by atoms with Crippen molar-refractivity contribution in [1.82, 2.24) is 14.8 Å². The second kappa shape index (κ2) is 13.1. The number of ether oxygens (including phenoxy) is 2. The second-order valence-electron chi connectivity index (χ2n) is 9.01. The van der Waals surface area contributed by atoms with E-state index >= 15 is 0 Å². The van der Waals surface area contributed by atoms with Gasteiger partial charge < -0.3 is 24.4 Å². The van der Waals surface area contributed by atoms with Crippen LogP contribution in [0.4, 0.5) is 0 Å². The van der Waals surface area contributed by atoms with Crippen LogP contribution in [-0.2, 0) is 4.79 Å². The van der Waals surface area contributed by atoms with Crippen LogP contribution < -0.4 is 9.47 Å². The van der Waals surface area contributed by atoms with Crippen LogP contribution in [0.3, 0.4) is 0 Å². The van der Waals surface area contributed by atoms with Gasteiger partial charge in [-0.2, -0.15) is 0 Å². The topological polar surface area (TPSA) is 92.2 Å². The van der Waals surface area contributed by atoms with E-state index in [2.05, 4.69) is 30.7 Å². The molecule has 1 unspecified atom stereocenters. The number of carbonyl (C=O) groups excluding carboxylic acids is 2. The minimum atomic E-state index is -0.749. The van der Waals surface area contributed by atoms with Crippen molar-refractivity contribution in [3.63, 3.8) is 0 Å². The van der Waals surface area contributed by atoms with Crippen molar-refractivity contribution in [2.75, 3.05) is 39.4 Å². The monoisotopic (exact) mass is 529 g/mol. The van der Waals surface area contributed by atoms with Crippen molar-refractivity contribution in [2.24, 2.45) is 0 Å². The summed E-state index contributed by atoms with van der Waals surface area (Å²) in [6.45, 7) is 15.4. The van der Waals surface area contributed by atoms with E-state index in [1.54, 1.807) is 11.8 Å². The van der Waals surface area contributed by atoms with Crippen LogP contribution in [0.25, 0.3) is 0 Å². The van der Waals surface area contributed by atoms with E-state index in [-0.39, 0.29) is 11.4 Å². The number of hydrogen-bond donors (Lipinski definition) is 1. The molecular formula is C28H39N3O5S. The molecule has 0 radical (unpaired) electrons. The molecule has 1 aromatic carbocycles. The molecule has 1 atom stereocenters. The highest BCUT2D eigenvalue weighted by Crippen LogP contribution is 2.42. The summed E-state index contributed by atoms with van der Waals surface area (Å²) in [4.78, 5) is 35.7. The molecule has 0 bridgehead atoms. The summed E-state index contributed by atoms with van der Waals surface area (Å²) >= 11 is 1.27. The zero-order valence-electron chi connectivity index (χ0n) is 22.8. The number of Topliss-reactive ketones (excluding diaryl/α,β-unsaturated/α-hetero) is 1. The Kier molecular flexibility index (Phi) is 10.1. The van der Waals surface area contributed by atoms with Gasteiger partial charge in [-0.15, -0.1) is 11.3 Å². The molecule has 0 spiro atoms. The fourth-order valence-corrected chi connectivity index (χ4v) is 5.40. The fraction of sp³-hybridized carbons (Fsp3) is 0.536. The first-order chi connectivity index (χ1) is 17.8. The molecular weight excluding hydrogens is 490 g/mol. The zero-order valence-corrected chi connectivity index (χ0v) is 23.6. The number of carbonyl (C=O) groups is 2. The average molecular weight is 530 g/mol. The molecule has 1 aromatic heterocycles. The number of thiazole rings is 1. The van der Waals surface area contributed by atoms with E-state index in [1.165, 1.54) is 11.3 Å². The summed E-state index contributed by atoms with van der Waals surface area (Å²) in [6, 6.07) is 4.75. The van der Waals surface area contributed by atoms with Crippen molar-refractivity contribution in [3.8, 4) is 11.5 Å². The Morgan fingerprint density at radius 1 is 1.14 bits per heavy atom. The molecule has 2 heterocycles. The number of nitrogens with zero attached hydrogens (tertiary/aromatic N) is 3. The number of unbranched alkanes of at least 4 members (excludes halogenated alkanes) is 1. The van der Waals surface area contributed by atoms with Gasteiger partial charge in [0.15, 0.2) is 17.3 Å². The lowest BCUT2D eigenvalue weighted by atomic mass is 9.94. The third-order valence-corrected chi connectivity index (χ3v) is 7.62. The Hall–Kier alpha value is -2.91. The number of likely N-dealkylation sites (N-methyl/N-ethyl adjacent to an activating group) is 1. The fourth-order valence-electron chi connectivity index (χ4n) is 4.52. The van der Waals surface area contributed by atoms with Crippen LogP contribution in [0.15, 0.2) is 29.5 Å². The normalized spacial score (nSPS) is 15.7. The van der Waals surface area contributed by atoms with E-state index in [0.717, 1.165) is 30.9 Å². The predicted molar refractivity (Wildman–Crippen MR) is 146 cm³/mol. The molecule has 0 saturated heterocycles. The Labute approximate surface area is 223 Å². The predicted octanol–water partition coefficient (Wildman–Crippen LogP) is 5.26. The summed E-state index contributed by atoms with van der Waals surface area (Å²) in [6.07, 6.45) is 1.94. The summed E-state index contributed by atoms with van der Waals surface area (Å²) < 4.78 is 11.8. The van der Waals surface area contributed by atoms with Crippen molar-refractivity contribution in [1.29, 1.82) is 0 Å². The minimum Gasteiger partial charge on any atom is -0.503 e. The lowest BCUT2D eigenvalue weighted by Gasteiger charge is -2.29. The molecule has 1 aliphatic heterocycles. The van der Waals surface area contributed by atoms with E-state index in [4.69, 9.17) is 9.47 Å². The number of aromatic nitrogens is 1. The van der Waals surface area contributed by atoms with Gasteiger partial charge in [-0.1, -0.05) is 33.3 Å². The van der Waals surface area contributed by atoms with Crippen molar-refractivity contribution < 1.29 is 24.2 Å². The molecule has 3 rings (SSSR count). The van der Waals surface area contributed by atoms with Crippen LogP contribution in [0.2, 0.25) is 0 Å². The molecule has 1 aliphatic rings. The van der Waals surface area contributed by atoms with E-state index in [0.29, 0.717) is 53.9 Å². The molecule has 9 heteroatoms. The largest absolute Gasteiger partial charge is 0.503 e. The number of benzene rings is 1. The first kappa shape index (κ1) is 28.7. The van der Waals surface area contributed by atoms with Crippen LogP contribution in [-0.4, -0.2) is 71.0 Å². The molecule has 2 aromatic rings. The van der Waals surface area contributed by atoms with Gasteiger partial charge in [0, 0.05) is 13.1 Å². The molecule has 1 amide bonds. The Morgan fingerprint density at radius 3 is 2.46 bits per heavy atom. The van der Waals surface area contributed by atoms with Crippen LogP contribution in [0.1, 0.15) is 72.5 Å². The van der Waals surface area contributed by atoms with Crippen LogP contribution in [0.5, 0.6) is 11.5 Å². The van der Waals surface area contributed by atoms with Crippen molar-refractivity contribution >= 4 is 23.0 Å². The summed E-state index contributed by atoms with van der Waals surface area (Å²) in [5, 5.41) is 11.8. The lowest BCUT2D eigenvalue weighted by Crippen LogP contribution is -2.38. The number of ketones is 1. The van der Waals surface area contributed by atoms with Crippen LogP contribution in [0, 0.1) is 13.8 Å². The Balaban J connectivity index is 2.07. The molecule has 8 nitrogen and oxygen atoms in total. The number of hydrogen-bond acceptors (Lipinski definition) is 8. The van der Waals surface area contributed by atoms with Gasteiger partial charge in [0.2, 0.25) is 5.78 Å². The van der Waals surface area contributed by atoms with Gasteiger partial charge >= 0.3 is 0 Å². The molecule has 0 fully saturated rings. The average Bonchev–Trinajstić information content (AvgIpc) is 3.35. The highest BCUT2D eigenvalue weighted by molar-refractivity contribution is 7.14. The van der Waals surface area contributed by atoms with Gasteiger partial charge in [-0.05, 0) is 58.0 Å². The lowest BCUT2D eigenvalue weighted by molar-refractivity contribution is -0.129. The SMILES string of the molecule is CCCCOc1ccc(C2C(C(=O)c3sc(C)nc3C)=C(O)C(=O)N2CCN(CC)CC)cc1OCC. The highest BCUT2D eigenvalue weighted by atomic mass is 32.1. The Bertz CT molecular complexity index is 1140. The van der Waals surface area contributed by atoms with Gasteiger partial charge in [0.1, 0.15) is 0 Å². The number of rotatable bonds is 14.